The molecule has 0 aromatic heterocycles. The van der Waals surface area contributed by atoms with E-state index in [1.165, 1.54) is 0 Å². The fraction of sp³-hybridized carbons (Fsp3) is 0.385. The molecule has 1 saturated heterocycles. The first-order valence-electron chi connectivity index (χ1n) is 6.07. The van der Waals surface area contributed by atoms with Crippen LogP contribution in [0.25, 0.3) is 0 Å². The summed E-state index contributed by atoms with van der Waals surface area (Å²) >= 11 is 0. The van der Waals surface area contributed by atoms with Crippen LogP contribution in [-0.2, 0) is 16.1 Å². The molecular formula is C13H15NO5. The van der Waals surface area contributed by atoms with Crippen LogP contribution < -0.4 is 4.74 Å². The number of aliphatic carboxylic acids is 1. The van der Waals surface area contributed by atoms with E-state index in [4.69, 9.17) is 9.84 Å². The van der Waals surface area contributed by atoms with Gasteiger partial charge >= 0.3 is 12.1 Å². The number of hydrogen-bond donors (Lipinski definition) is 1. The van der Waals surface area contributed by atoms with E-state index in [0.717, 1.165) is 22.8 Å². The van der Waals surface area contributed by atoms with Gasteiger partial charge in [-0.15, -0.1) is 5.06 Å². The van der Waals surface area contributed by atoms with Gasteiger partial charge in [-0.25, -0.2) is 9.59 Å². The lowest BCUT2D eigenvalue weighted by Crippen LogP contribution is -2.31. The van der Waals surface area contributed by atoms with E-state index >= 15 is 0 Å². The number of hydrogen-bond acceptors (Lipinski definition) is 4. The van der Waals surface area contributed by atoms with E-state index < -0.39 is 18.1 Å². The lowest BCUT2D eigenvalue weighted by Gasteiger charge is -2.10. The number of amides is 1. The van der Waals surface area contributed by atoms with Crippen LogP contribution in [0.15, 0.2) is 24.3 Å². The summed E-state index contributed by atoms with van der Waals surface area (Å²) in [5, 5.41) is 9.90. The summed E-state index contributed by atoms with van der Waals surface area (Å²) in [5.74, 6) is -0.339. The monoisotopic (exact) mass is 265 g/mol. The van der Waals surface area contributed by atoms with Crippen LogP contribution in [0.3, 0.4) is 0 Å². The van der Waals surface area contributed by atoms with Gasteiger partial charge in [0.05, 0.1) is 6.61 Å². The van der Waals surface area contributed by atoms with Crippen LogP contribution in [-0.4, -0.2) is 34.9 Å². The molecule has 0 radical (unpaired) electrons. The van der Waals surface area contributed by atoms with Crippen molar-refractivity contribution in [3.8, 4) is 5.75 Å². The molecule has 0 unspecified atom stereocenters. The molecular weight excluding hydrogens is 250 g/mol. The molecule has 1 amide bonds. The molecule has 0 spiro atoms. The molecule has 1 aromatic rings. The Labute approximate surface area is 110 Å². The molecule has 1 aliphatic heterocycles. The van der Waals surface area contributed by atoms with E-state index in [1.807, 2.05) is 6.92 Å². The number of carbonyl (C=O) groups is 2. The Hall–Kier alpha value is -2.24. The van der Waals surface area contributed by atoms with Crippen LogP contribution in [0, 0.1) is 0 Å². The lowest BCUT2D eigenvalue weighted by molar-refractivity contribution is -0.143. The van der Waals surface area contributed by atoms with Crippen LogP contribution in [0.2, 0.25) is 0 Å². The molecule has 1 N–H and O–H groups in total. The predicted molar refractivity (Wildman–Crippen MR) is 65.7 cm³/mol. The molecule has 102 valence electrons. The molecule has 1 atom stereocenters. The summed E-state index contributed by atoms with van der Waals surface area (Å²) in [6.07, 6.45) is 0.530. The third-order valence-corrected chi connectivity index (χ3v) is 2.72. The quantitative estimate of drug-likeness (QED) is 0.761. The fourth-order valence-electron chi connectivity index (χ4n) is 1.69. The van der Waals surface area contributed by atoms with Crippen molar-refractivity contribution in [1.82, 2.24) is 5.06 Å². The number of carboxylic acids is 1. The zero-order valence-electron chi connectivity index (χ0n) is 10.5. The topological polar surface area (TPSA) is 79.1 Å². The largest absolute Gasteiger partial charge is 0.494 e. The molecule has 2 rings (SSSR count). The number of nitrogens with zero attached hydrogens (tertiary/aromatic N) is 1. The third kappa shape index (κ3) is 3.37. The molecule has 1 aromatic carbocycles. The molecule has 1 fully saturated rings. The van der Waals surface area contributed by atoms with Crippen molar-refractivity contribution >= 4 is 12.1 Å². The van der Waals surface area contributed by atoms with Gasteiger partial charge in [-0.1, -0.05) is 19.1 Å². The maximum absolute atomic E-state index is 11.0. The summed E-state index contributed by atoms with van der Waals surface area (Å²) in [5.41, 5.74) is 0.805. The van der Waals surface area contributed by atoms with E-state index in [9.17, 15) is 9.59 Å². The normalized spacial score (nSPS) is 14.8. The van der Waals surface area contributed by atoms with Crippen molar-refractivity contribution in [2.45, 2.75) is 25.8 Å². The Morgan fingerprint density at radius 3 is 2.53 bits per heavy atom. The van der Waals surface area contributed by atoms with Crippen LogP contribution in [0.4, 0.5) is 4.79 Å². The van der Waals surface area contributed by atoms with Crippen LogP contribution in [0.1, 0.15) is 18.9 Å². The molecule has 0 aliphatic carbocycles. The van der Waals surface area contributed by atoms with Gasteiger partial charge in [0.1, 0.15) is 5.75 Å². The minimum Gasteiger partial charge on any atom is -0.494 e. The Morgan fingerprint density at radius 1 is 1.42 bits per heavy atom. The number of carbonyl (C=O) groups excluding carboxylic acids is 1. The van der Waals surface area contributed by atoms with E-state index in [0.29, 0.717) is 6.61 Å². The first-order valence-corrected chi connectivity index (χ1v) is 6.07. The second-order valence-electron chi connectivity index (χ2n) is 4.23. The zero-order chi connectivity index (χ0) is 13.8. The van der Waals surface area contributed by atoms with E-state index in [1.54, 1.807) is 24.3 Å². The van der Waals surface area contributed by atoms with Gasteiger partial charge in [0.15, 0.2) is 6.04 Å². The van der Waals surface area contributed by atoms with Crippen LogP contribution >= 0.6 is 0 Å². The summed E-state index contributed by atoms with van der Waals surface area (Å²) in [7, 11) is 0. The summed E-state index contributed by atoms with van der Waals surface area (Å²) in [6, 6.07) is 6.17. The zero-order valence-corrected chi connectivity index (χ0v) is 10.5. The lowest BCUT2D eigenvalue weighted by atomic mass is 10.1. The predicted octanol–water partition coefficient (Wildman–Crippen LogP) is 1.84. The highest BCUT2D eigenvalue weighted by Crippen LogP contribution is 2.22. The second-order valence-corrected chi connectivity index (χ2v) is 4.23. The van der Waals surface area contributed by atoms with Gasteiger partial charge in [-0.2, -0.15) is 0 Å². The van der Waals surface area contributed by atoms with Crippen molar-refractivity contribution in [2.24, 2.45) is 0 Å². The van der Waals surface area contributed by atoms with E-state index in [-0.39, 0.29) is 6.42 Å². The van der Waals surface area contributed by atoms with Crippen molar-refractivity contribution in [1.29, 1.82) is 0 Å². The van der Waals surface area contributed by atoms with Crippen molar-refractivity contribution in [3.05, 3.63) is 29.8 Å². The molecule has 1 heterocycles. The highest BCUT2D eigenvalue weighted by atomic mass is 16.9. The highest BCUT2D eigenvalue weighted by molar-refractivity contribution is 5.85. The number of hydroxylamine groups is 2. The van der Waals surface area contributed by atoms with Crippen molar-refractivity contribution in [2.75, 3.05) is 6.61 Å². The number of ether oxygens (including phenoxy) is 1. The highest BCUT2D eigenvalue weighted by Gasteiger charge is 2.45. The molecule has 6 nitrogen and oxygen atoms in total. The van der Waals surface area contributed by atoms with Gasteiger partial charge in [0, 0.05) is 6.42 Å². The van der Waals surface area contributed by atoms with Gasteiger partial charge in [-0.3, -0.25) is 0 Å². The van der Waals surface area contributed by atoms with Crippen molar-refractivity contribution < 1.29 is 24.3 Å². The van der Waals surface area contributed by atoms with Gasteiger partial charge < -0.3 is 14.7 Å². The van der Waals surface area contributed by atoms with Gasteiger partial charge in [0.25, 0.3) is 0 Å². The Kier molecular flexibility index (Phi) is 3.89. The molecule has 0 saturated carbocycles. The minimum atomic E-state index is -1.09. The number of carboxylic acid groups (broad SMARTS) is 1. The Morgan fingerprint density at radius 2 is 2.05 bits per heavy atom. The fourth-order valence-corrected chi connectivity index (χ4v) is 1.69. The summed E-state index contributed by atoms with van der Waals surface area (Å²) in [6.45, 7) is 2.67. The molecule has 1 aliphatic rings. The maximum atomic E-state index is 11.0. The third-order valence-electron chi connectivity index (χ3n) is 2.72. The molecule has 19 heavy (non-hydrogen) atoms. The Balaban J connectivity index is 1.97. The summed E-state index contributed by atoms with van der Waals surface area (Å²) in [4.78, 5) is 26.3. The Bertz CT molecular complexity index is 470. The smallest absolute Gasteiger partial charge is 0.468 e. The molecule has 6 heteroatoms. The first kappa shape index (κ1) is 13.2. The van der Waals surface area contributed by atoms with Gasteiger partial charge in [0.2, 0.25) is 0 Å². The first-order chi connectivity index (χ1) is 9.11. The standard InChI is InChI=1S/C13H15NO5/c1-2-7-18-10-5-3-9(4-6-10)8-11(12(15)16)14-13(17)19-14/h3-6,11H,2,7-8H2,1H3,(H,15,16)/t11-,14?/m0/s1. The van der Waals surface area contributed by atoms with Crippen LogP contribution in [0.5, 0.6) is 5.75 Å². The van der Waals surface area contributed by atoms with Crippen molar-refractivity contribution in [3.63, 3.8) is 0 Å². The van der Waals surface area contributed by atoms with Gasteiger partial charge in [-0.05, 0) is 24.1 Å². The average Bonchev–Trinajstić information content (AvgIpc) is 3.11. The minimum absolute atomic E-state index is 0.204. The maximum Gasteiger partial charge on any atom is 0.468 e. The number of benzene rings is 1. The second kappa shape index (κ2) is 5.60. The van der Waals surface area contributed by atoms with E-state index in [2.05, 4.69) is 4.84 Å². The average molecular weight is 265 g/mol. The number of rotatable bonds is 7. The summed E-state index contributed by atoms with van der Waals surface area (Å²) < 4.78 is 5.43. The molecule has 0 bridgehead atoms. The SMILES string of the molecule is CCCOc1ccc(C[C@@H](C(=O)O)N2OC2=O)cc1.